The molecule has 1 atom stereocenters. The average molecular weight is 269 g/mol. The molecule has 0 heterocycles. The Morgan fingerprint density at radius 3 is 2.79 bits per heavy atom. The number of halogens is 1. The van der Waals surface area contributed by atoms with Crippen LogP contribution in [-0.2, 0) is 4.79 Å². The zero-order chi connectivity index (χ0) is 14.3. The first-order valence-corrected chi connectivity index (χ1v) is 6.39. The van der Waals surface area contributed by atoms with E-state index >= 15 is 0 Å². The van der Waals surface area contributed by atoms with Crippen LogP contribution in [0.4, 0.5) is 4.39 Å². The van der Waals surface area contributed by atoms with Crippen molar-refractivity contribution in [3.63, 3.8) is 0 Å². The largest absolute Gasteiger partial charge is 0.491 e. The van der Waals surface area contributed by atoms with Gasteiger partial charge in [-0.05, 0) is 44.5 Å². The van der Waals surface area contributed by atoms with Gasteiger partial charge in [-0.1, -0.05) is 6.07 Å². The second-order valence-corrected chi connectivity index (χ2v) is 4.25. The van der Waals surface area contributed by atoms with Gasteiger partial charge in [0.05, 0.1) is 6.61 Å². The Balaban J connectivity index is 2.70. The van der Waals surface area contributed by atoms with Gasteiger partial charge in [-0.25, -0.2) is 4.39 Å². The van der Waals surface area contributed by atoms with Crippen LogP contribution in [0.15, 0.2) is 18.2 Å². The highest BCUT2D eigenvalue weighted by molar-refractivity contribution is 5.66. The normalized spacial score (nSPS) is 12.2. The standard InChI is InChI=1S/C14H20FNO3/c1-3-19-13-8-7-10(9-11(13)15)12(16-2)5-4-6-14(17)18/h7-9,12,16H,3-6H2,1-2H3,(H,17,18). The molecule has 1 aromatic carbocycles. The quantitative estimate of drug-likeness (QED) is 0.762. The van der Waals surface area contributed by atoms with Gasteiger partial charge in [-0.2, -0.15) is 0 Å². The van der Waals surface area contributed by atoms with Crippen LogP contribution in [0.3, 0.4) is 0 Å². The average Bonchev–Trinajstić information content (AvgIpc) is 2.37. The summed E-state index contributed by atoms with van der Waals surface area (Å²) in [5, 5.41) is 11.7. The smallest absolute Gasteiger partial charge is 0.303 e. The van der Waals surface area contributed by atoms with Crippen LogP contribution in [0, 0.1) is 5.82 Å². The summed E-state index contributed by atoms with van der Waals surface area (Å²) in [6.45, 7) is 2.22. The highest BCUT2D eigenvalue weighted by atomic mass is 19.1. The Morgan fingerprint density at radius 2 is 2.26 bits per heavy atom. The van der Waals surface area contributed by atoms with Crippen LogP contribution in [0.1, 0.15) is 37.8 Å². The molecule has 2 N–H and O–H groups in total. The first kappa shape index (κ1) is 15.4. The number of benzene rings is 1. The Labute approximate surface area is 112 Å². The van der Waals surface area contributed by atoms with E-state index in [0.717, 1.165) is 5.56 Å². The van der Waals surface area contributed by atoms with Gasteiger partial charge in [0, 0.05) is 12.5 Å². The first-order valence-electron chi connectivity index (χ1n) is 6.39. The van der Waals surface area contributed by atoms with E-state index in [-0.39, 0.29) is 18.2 Å². The second kappa shape index (κ2) is 7.74. The van der Waals surface area contributed by atoms with Crippen molar-refractivity contribution in [3.05, 3.63) is 29.6 Å². The molecule has 0 aromatic heterocycles. The van der Waals surface area contributed by atoms with Crippen LogP contribution in [-0.4, -0.2) is 24.7 Å². The van der Waals surface area contributed by atoms with Gasteiger partial charge in [0.2, 0.25) is 0 Å². The summed E-state index contributed by atoms with van der Waals surface area (Å²) in [5.41, 5.74) is 0.800. The lowest BCUT2D eigenvalue weighted by atomic mass is 10.0. The van der Waals surface area contributed by atoms with Crippen LogP contribution in [0.25, 0.3) is 0 Å². The van der Waals surface area contributed by atoms with Crippen molar-refractivity contribution in [2.45, 2.75) is 32.2 Å². The van der Waals surface area contributed by atoms with E-state index < -0.39 is 11.8 Å². The minimum atomic E-state index is -0.812. The molecule has 1 rings (SSSR count). The number of hydrogen-bond acceptors (Lipinski definition) is 3. The fourth-order valence-corrected chi connectivity index (χ4v) is 1.94. The monoisotopic (exact) mass is 269 g/mol. The molecular formula is C14H20FNO3. The number of carboxylic acids is 1. The molecule has 0 aliphatic carbocycles. The highest BCUT2D eigenvalue weighted by Crippen LogP contribution is 2.24. The number of rotatable bonds is 8. The van der Waals surface area contributed by atoms with Gasteiger partial charge in [-0.3, -0.25) is 4.79 Å². The predicted molar refractivity (Wildman–Crippen MR) is 70.9 cm³/mol. The van der Waals surface area contributed by atoms with Gasteiger partial charge < -0.3 is 15.2 Å². The van der Waals surface area contributed by atoms with Crippen molar-refractivity contribution in [1.29, 1.82) is 0 Å². The lowest BCUT2D eigenvalue weighted by molar-refractivity contribution is -0.137. The molecule has 0 aliphatic rings. The van der Waals surface area contributed by atoms with Gasteiger partial charge in [0.1, 0.15) is 0 Å². The van der Waals surface area contributed by atoms with Crippen molar-refractivity contribution in [2.24, 2.45) is 0 Å². The fraction of sp³-hybridized carbons (Fsp3) is 0.500. The van der Waals surface area contributed by atoms with Crippen molar-refractivity contribution in [3.8, 4) is 5.75 Å². The van der Waals surface area contributed by atoms with Gasteiger partial charge in [-0.15, -0.1) is 0 Å². The molecule has 0 radical (unpaired) electrons. The molecule has 5 heteroatoms. The Kier molecular flexibility index (Phi) is 6.29. The molecule has 19 heavy (non-hydrogen) atoms. The van der Waals surface area contributed by atoms with E-state index in [0.29, 0.717) is 19.4 Å². The van der Waals surface area contributed by atoms with E-state index in [1.165, 1.54) is 6.07 Å². The summed E-state index contributed by atoms with van der Waals surface area (Å²) >= 11 is 0. The van der Waals surface area contributed by atoms with E-state index in [1.54, 1.807) is 26.1 Å². The van der Waals surface area contributed by atoms with Crippen LogP contribution in [0.5, 0.6) is 5.75 Å². The topological polar surface area (TPSA) is 58.6 Å². The van der Waals surface area contributed by atoms with Crippen LogP contribution < -0.4 is 10.1 Å². The number of nitrogens with one attached hydrogen (secondary N) is 1. The lowest BCUT2D eigenvalue weighted by Crippen LogP contribution is -2.17. The van der Waals surface area contributed by atoms with E-state index in [4.69, 9.17) is 9.84 Å². The third kappa shape index (κ3) is 4.87. The zero-order valence-electron chi connectivity index (χ0n) is 11.3. The summed E-state index contributed by atoms with van der Waals surface area (Å²) in [4.78, 5) is 10.5. The highest BCUT2D eigenvalue weighted by Gasteiger charge is 2.13. The molecule has 4 nitrogen and oxygen atoms in total. The van der Waals surface area contributed by atoms with Crippen LogP contribution in [0.2, 0.25) is 0 Å². The summed E-state index contributed by atoms with van der Waals surface area (Å²) < 4.78 is 18.9. The second-order valence-electron chi connectivity index (χ2n) is 4.25. The maximum atomic E-state index is 13.7. The molecule has 0 amide bonds. The number of carbonyl (C=O) groups is 1. The summed E-state index contributed by atoms with van der Waals surface area (Å²) in [5.74, 6) is -0.961. The molecular weight excluding hydrogens is 249 g/mol. The van der Waals surface area contributed by atoms with Crippen molar-refractivity contribution < 1.29 is 19.0 Å². The minimum Gasteiger partial charge on any atom is -0.491 e. The SMILES string of the molecule is CCOc1ccc(C(CCCC(=O)O)NC)cc1F. The summed E-state index contributed by atoms with van der Waals surface area (Å²) in [7, 11) is 1.78. The van der Waals surface area contributed by atoms with Crippen molar-refractivity contribution >= 4 is 5.97 Å². The Bertz CT molecular complexity index is 423. The Morgan fingerprint density at radius 1 is 1.53 bits per heavy atom. The number of aliphatic carboxylic acids is 1. The van der Waals surface area contributed by atoms with E-state index in [2.05, 4.69) is 5.32 Å². The molecule has 0 saturated carbocycles. The molecule has 1 aromatic rings. The molecule has 0 bridgehead atoms. The molecule has 0 aliphatic heterocycles. The number of ether oxygens (including phenoxy) is 1. The summed E-state index contributed by atoms with van der Waals surface area (Å²) in [6.07, 6.45) is 1.32. The maximum absolute atomic E-state index is 13.7. The Hall–Kier alpha value is -1.62. The molecule has 0 saturated heterocycles. The number of hydrogen-bond donors (Lipinski definition) is 2. The zero-order valence-corrected chi connectivity index (χ0v) is 11.3. The summed E-state index contributed by atoms with van der Waals surface area (Å²) in [6, 6.07) is 4.79. The third-order valence-electron chi connectivity index (χ3n) is 2.89. The third-order valence-corrected chi connectivity index (χ3v) is 2.89. The fourth-order valence-electron chi connectivity index (χ4n) is 1.94. The van der Waals surface area contributed by atoms with Crippen molar-refractivity contribution in [1.82, 2.24) is 5.32 Å². The number of carboxylic acid groups (broad SMARTS) is 1. The van der Waals surface area contributed by atoms with Gasteiger partial charge >= 0.3 is 5.97 Å². The lowest BCUT2D eigenvalue weighted by Gasteiger charge is -2.17. The van der Waals surface area contributed by atoms with Crippen LogP contribution >= 0.6 is 0 Å². The van der Waals surface area contributed by atoms with Gasteiger partial charge in [0.25, 0.3) is 0 Å². The van der Waals surface area contributed by atoms with Gasteiger partial charge in [0.15, 0.2) is 11.6 Å². The minimum absolute atomic E-state index is 0.0514. The molecule has 0 fully saturated rings. The molecule has 0 spiro atoms. The maximum Gasteiger partial charge on any atom is 0.303 e. The van der Waals surface area contributed by atoms with E-state index in [1.807, 2.05) is 0 Å². The first-order chi connectivity index (χ1) is 9.08. The molecule has 106 valence electrons. The molecule has 1 unspecified atom stereocenters. The predicted octanol–water partition coefficient (Wildman–Crippen LogP) is 2.74. The van der Waals surface area contributed by atoms with Crippen molar-refractivity contribution in [2.75, 3.05) is 13.7 Å². The van der Waals surface area contributed by atoms with E-state index in [9.17, 15) is 9.18 Å².